The van der Waals surface area contributed by atoms with Crippen molar-refractivity contribution in [1.29, 1.82) is 0 Å². The van der Waals surface area contributed by atoms with Gasteiger partial charge >= 0.3 is 0 Å². The average Bonchev–Trinajstić information content (AvgIpc) is 3.64. The van der Waals surface area contributed by atoms with Gasteiger partial charge in [-0.3, -0.25) is 4.57 Å². The molecule has 3 N–H and O–H groups in total. The van der Waals surface area contributed by atoms with Gasteiger partial charge in [0.05, 0.1) is 23.0 Å². The number of nitrogens with two attached hydrogens (primary N) is 1. The van der Waals surface area contributed by atoms with Crippen molar-refractivity contribution < 1.29 is 4.39 Å². The quantitative estimate of drug-likeness (QED) is 0.469. The first-order valence-electron chi connectivity index (χ1n) is 11.5. The highest BCUT2D eigenvalue weighted by atomic mass is 19.1. The van der Waals surface area contributed by atoms with Crippen LogP contribution >= 0.6 is 0 Å². The summed E-state index contributed by atoms with van der Waals surface area (Å²) in [5.74, 6) is 1.76. The Bertz CT molecular complexity index is 1340. The number of nitrogen functional groups attached to an aromatic ring is 1. The summed E-state index contributed by atoms with van der Waals surface area (Å²) in [5, 5.41) is 3.53. The molecule has 34 heavy (non-hydrogen) atoms. The highest BCUT2D eigenvalue weighted by molar-refractivity contribution is 5.81. The summed E-state index contributed by atoms with van der Waals surface area (Å²) in [6, 6.07) is 9.29. The Morgan fingerprint density at radius 3 is 2.53 bits per heavy atom. The fourth-order valence-corrected chi connectivity index (χ4v) is 4.45. The van der Waals surface area contributed by atoms with Crippen molar-refractivity contribution in [3.05, 3.63) is 54.2 Å². The van der Waals surface area contributed by atoms with Gasteiger partial charge in [-0.15, -0.1) is 0 Å². The Labute approximate surface area is 196 Å². The topological polar surface area (TPSA) is 101 Å². The molecule has 1 saturated carbocycles. The number of nitrogens with one attached hydrogen (secondary N) is 1. The smallest absolute Gasteiger partial charge is 0.230 e. The molecule has 0 aromatic carbocycles. The molecule has 0 atom stereocenters. The number of pyridine rings is 2. The van der Waals surface area contributed by atoms with E-state index in [0.29, 0.717) is 40.1 Å². The van der Waals surface area contributed by atoms with E-state index in [1.165, 1.54) is 6.20 Å². The van der Waals surface area contributed by atoms with Crippen molar-refractivity contribution in [3.63, 3.8) is 0 Å². The van der Waals surface area contributed by atoms with Crippen molar-refractivity contribution in [2.45, 2.75) is 18.8 Å². The second-order valence-electron chi connectivity index (χ2n) is 8.98. The van der Waals surface area contributed by atoms with E-state index in [2.05, 4.69) is 42.1 Å². The average molecular weight is 460 g/mol. The van der Waals surface area contributed by atoms with Crippen LogP contribution in [-0.4, -0.2) is 62.6 Å². The SMILES string of the molecule is CN1CCN(c2ccc(Nc3ncc4c(F)c(C5CC5)n(-c5cccc(N)n5)c4n3)nc2)CC1. The predicted octanol–water partition coefficient (Wildman–Crippen LogP) is 3.30. The van der Waals surface area contributed by atoms with Crippen LogP contribution in [0.15, 0.2) is 42.7 Å². The third-order valence-corrected chi connectivity index (χ3v) is 6.49. The largest absolute Gasteiger partial charge is 0.384 e. The molecule has 174 valence electrons. The lowest BCUT2D eigenvalue weighted by Gasteiger charge is -2.33. The lowest BCUT2D eigenvalue weighted by Crippen LogP contribution is -2.44. The zero-order valence-corrected chi connectivity index (χ0v) is 18.9. The normalized spacial score (nSPS) is 16.8. The summed E-state index contributed by atoms with van der Waals surface area (Å²) in [4.78, 5) is 22.6. The summed E-state index contributed by atoms with van der Waals surface area (Å²) in [7, 11) is 2.14. The van der Waals surface area contributed by atoms with E-state index in [0.717, 1.165) is 44.7 Å². The lowest BCUT2D eigenvalue weighted by atomic mass is 10.2. The zero-order chi connectivity index (χ0) is 23.2. The fourth-order valence-electron chi connectivity index (χ4n) is 4.45. The molecule has 0 radical (unpaired) electrons. The van der Waals surface area contributed by atoms with Gasteiger partial charge in [0.25, 0.3) is 0 Å². The maximum absolute atomic E-state index is 15.4. The second kappa shape index (κ2) is 8.21. The predicted molar refractivity (Wildman–Crippen MR) is 130 cm³/mol. The molecular formula is C24H26FN9. The lowest BCUT2D eigenvalue weighted by molar-refractivity contribution is 0.313. The van der Waals surface area contributed by atoms with Gasteiger partial charge in [0.1, 0.15) is 17.5 Å². The highest BCUT2D eigenvalue weighted by Crippen LogP contribution is 2.45. The molecular weight excluding hydrogens is 433 g/mol. The van der Waals surface area contributed by atoms with Gasteiger partial charge < -0.3 is 20.9 Å². The third-order valence-electron chi connectivity index (χ3n) is 6.49. The van der Waals surface area contributed by atoms with Gasteiger partial charge in [-0.05, 0) is 44.2 Å². The van der Waals surface area contributed by atoms with Gasteiger partial charge in [-0.25, -0.2) is 19.3 Å². The van der Waals surface area contributed by atoms with Crippen LogP contribution in [0, 0.1) is 5.82 Å². The number of piperazine rings is 1. The van der Waals surface area contributed by atoms with Crippen LogP contribution in [0.4, 0.5) is 27.7 Å². The Hall–Kier alpha value is -3.79. The maximum Gasteiger partial charge on any atom is 0.230 e. The standard InChI is InChI=1S/C24H26FN9/c1-32-9-11-33(12-10-32)16-7-8-19(27-13-16)30-24-28-14-17-21(25)22(15-5-6-15)34(23(17)31-24)20-4-2-3-18(26)29-20/h2-4,7-8,13-15H,5-6,9-12H2,1H3,(H2,26,29)(H,27,28,30,31). The molecule has 4 aromatic rings. The number of hydrogen-bond acceptors (Lipinski definition) is 8. The van der Waals surface area contributed by atoms with Crippen LogP contribution in [0.25, 0.3) is 16.9 Å². The van der Waals surface area contributed by atoms with E-state index in [1.807, 2.05) is 30.5 Å². The molecule has 1 aliphatic heterocycles. The molecule has 1 saturated heterocycles. The molecule has 4 aromatic heterocycles. The Kier molecular flexibility index (Phi) is 5.02. The number of halogens is 1. The van der Waals surface area contributed by atoms with Gasteiger partial charge in [0, 0.05) is 38.3 Å². The first-order chi connectivity index (χ1) is 16.6. The Balaban J connectivity index is 1.33. The minimum Gasteiger partial charge on any atom is -0.384 e. The third kappa shape index (κ3) is 3.79. The number of nitrogens with zero attached hydrogens (tertiary/aromatic N) is 7. The maximum atomic E-state index is 15.4. The monoisotopic (exact) mass is 459 g/mol. The molecule has 6 rings (SSSR count). The molecule has 2 fully saturated rings. The van der Waals surface area contributed by atoms with Crippen molar-refractivity contribution in [1.82, 2.24) is 29.4 Å². The Morgan fingerprint density at radius 1 is 1.00 bits per heavy atom. The summed E-state index contributed by atoms with van der Waals surface area (Å²) in [5.41, 5.74) is 8.06. The van der Waals surface area contributed by atoms with Crippen LogP contribution in [0.1, 0.15) is 24.5 Å². The molecule has 0 spiro atoms. The number of likely N-dealkylation sites (N-methyl/N-ethyl adjacent to an activating group) is 1. The number of anilines is 4. The van der Waals surface area contributed by atoms with Gasteiger partial charge in [0.2, 0.25) is 5.95 Å². The van der Waals surface area contributed by atoms with Gasteiger partial charge in [-0.2, -0.15) is 4.98 Å². The zero-order valence-electron chi connectivity index (χ0n) is 18.9. The molecule has 1 aliphatic carbocycles. The van der Waals surface area contributed by atoms with Crippen molar-refractivity contribution in [3.8, 4) is 5.82 Å². The van der Waals surface area contributed by atoms with Crippen LogP contribution in [0.3, 0.4) is 0 Å². The summed E-state index contributed by atoms with van der Waals surface area (Å²) in [6.45, 7) is 4.03. The number of fused-ring (bicyclic) bond motifs is 1. The van der Waals surface area contributed by atoms with Crippen LogP contribution in [-0.2, 0) is 0 Å². The van der Waals surface area contributed by atoms with E-state index in [4.69, 9.17) is 5.73 Å². The Morgan fingerprint density at radius 2 is 1.82 bits per heavy atom. The van der Waals surface area contributed by atoms with E-state index in [1.54, 1.807) is 10.6 Å². The number of hydrogen-bond donors (Lipinski definition) is 2. The molecule has 9 nitrogen and oxygen atoms in total. The first kappa shape index (κ1) is 20.8. The minimum atomic E-state index is -0.289. The van der Waals surface area contributed by atoms with Gasteiger partial charge in [0.15, 0.2) is 11.5 Å². The molecule has 0 unspecified atom stereocenters. The van der Waals surface area contributed by atoms with Crippen molar-refractivity contribution >= 4 is 34.3 Å². The highest BCUT2D eigenvalue weighted by Gasteiger charge is 2.34. The van der Waals surface area contributed by atoms with E-state index in [-0.39, 0.29) is 11.7 Å². The van der Waals surface area contributed by atoms with E-state index < -0.39 is 0 Å². The number of aromatic nitrogens is 5. The van der Waals surface area contributed by atoms with Crippen molar-refractivity contribution in [2.24, 2.45) is 0 Å². The summed E-state index contributed by atoms with van der Waals surface area (Å²) < 4.78 is 17.1. The molecule has 5 heterocycles. The van der Waals surface area contributed by atoms with E-state index in [9.17, 15) is 0 Å². The molecule has 2 aliphatic rings. The van der Waals surface area contributed by atoms with Crippen LogP contribution in [0.2, 0.25) is 0 Å². The molecule has 10 heteroatoms. The van der Waals surface area contributed by atoms with Crippen molar-refractivity contribution in [2.75, 3.05) is 49.2 Å². The molecule has 0 amide bonds. The van der Waals surface area contributed by atoms with E-state index >= 15 is 4.39 Å². The van der Waals surface area contributed by atoms with Crippen LogP contribution in [0.5, 0.6) is 0 Å². The van der Waals surface area contributed by atoms with Crippen LogP contribution < -0.4 is 16.0 Å². The molecule has 0 bridgehead atoms. The number of rotatable bonds is 5. The van der Waals surface area contributed by atoms with Gasteiger partial charge in [-0.1, -0.05) is 6.07 Å². The first-order valence-corrected chi connectivity index (χ1v) is 11.5. The second-order valence-corrected chi connectivity index (χ2v) is 8.98. The minimum absolute atomic E-state index is 0.151. The fraction of sp³-hybridized carbons (Fsp3) is 0.333. The summed E-state index contributed by atoms with van der Waals surface area (Å²) in [6.07, 6.45) is 5.26. The summed E-state index contributed by atoms with van der Waals surface area (Å²) >= 11 is 0.